The highest BCUT2D eigenvalue weighted by Crippen LogP contribution is 2.47. The molecule has 4 heterocycles. The lowest BCUT2D eigenvalue weighted by Gasteiger charge is -2.34. The molecule has 3 aromatic rings. The molecule has 0 radical (unpaired) electrons. The minimum Gasteiger partial charge on any atom is -0.435 e. The summed E-state index contributed by atoms with van der Waals surface area (Å²) in [6.45, 7) is 4.13. The summed E-state index contributed by atoms with van der Waals surface area (Å²) in [6, 6.07) is 12.9. The zero-order valence-corrected chi connectivity index (χ0v) is 16.6. The monoisotopic (exact) mass is 390 g/mol. The highest BCUT2D eigenvalue weighted by atomic mass is 32.1. The van der Waals surface area contributed by atoms with Crippen LogP contribution < -0.4 is 4.48 Å². The van der Waals surface area contributed by atoms with Crippen LogP contribution in [0.25, 0.3) is 19.5 Å². The molecule has 0 spiro atoms. The number of quaternary nitrogens is 1. The number of likely N-dealkylation sites (tertiary alicyclic amines) is 1. The Hall–Kier alpha value is -1.47. The van der Waals surface area contributed by atoms with Crippen molar-refractivity contribution >= 4 is 45.1 Å². The largest absolute Gasteiger partial charge is 0.519 e. The van der Waals surface area contributed by atoms with Crippen LogP contribution in [0, 0.1) is 0 Å². The number of thiophene rings is 3. The Bertz CT molecular complexity index is 884. The van der Waals surface area contributed by atoms with Crippen LogP contribution in [0.4, 0.5) is 9.80 Å². The first kappa shape index (κ1) is 17.0. The second-order valence-electron chi connectivity index (χ2n) is 6.61. The van der Waals surface area contributed by atoms with E-state index in [0.717, 1.165) is 22.7 Å². The van der Waals surface area contributed by atoms with Crippen LogP contribution in [0.1, 0.15) is 26.7 Å². The van der Waals surface area contributed by atoms with Crippen molar-refractivity contribution < 1.29 is 9.90 Å². The van der Waals surface area contributed by atoms with E-state index in [1.54, 1.807) is 34.0 Å². The Labute approximate surface area is 159 Å². The van der Waals surface area contributed by atoms with Crippen LogP contribution in [-0.4, -0.2) is 23.3 Å². The molecule has 1 fully saturated rings. The molecule has 130 valence electrons. The number of hydrogen-bond donors (Lipinski definition) is 1. The van der Waals surface area contributed by atoms with Crippen molar-refractivity contribution in [2.75, 3.05) is 0 Å². The Kier molecular flexibility index (Phi) is 4.32. The van der Waals surface area contributed by atoms with Crippen molar-refractivity contribution in [1.29, 1.82) is 0 Å². The third-order valence-electron chi connectivity index (χ3n) is 5.28. The molecule has 25 heavy (non-hydrogen) atoms. The van der Waals surface area contributed by atoms with E-state index in [0.29, 0.717) is 0 Å². The van der Waals surface area contributed by atoms with Crippen LogP contribution in [0.2, 0.25) is 0 Å². The van der Waals surface area contributed by atoms with Gasteiger partial charge in [0.1, 0.15) is 12.1 Å². The standard InChI is InChI=1S/C19H19NO2S3/c1-12-5-6-13(2)20(12,19(21)22)18-10-9-17(25-18)16-8-7-15(24-16)14-4-3-11-23-14/h3-4,7-13H,5-6H2,1-2H3/p+1/t12-,13?,20?/m1/s1. The average Bonchev–Trinajstić information content (AvgIpc) is 3.34. The normalized spacial score (nSPS) is 26.2. The van der Waals surface area contributed by atoms with Gasteiger partial charge in [0.25, 0.3) is 0 Å². The molecule has 3 atom stereocenters. The molecule has 4 rings (SSSR count). The molecule has 1 aliphatic rings. The number of amides is 1. The predicted molar refractivity (Wildman–Crippen MR) is 109 cm³/mol. The van der Waals surface area contributed by atoms with Crippen molar-refractivity contribution in [3.05, 3.63) is 41.8 Å². The minimum absolute atomic E-state index is 0.0772. The van der Waals surface area contributed by atoms with Gasteiger partial charge >= 0.3 is 6.09 Å². The summed E-state index contributed by atoms with van der Waals surface area (Å²) in [4.78, 5) is 17.2. The highest BCUT2D eigenvalue weighted by molar-refractivity contribution is 7.27. The van der Waals surface area contributed by atoms with E-state index in [2.05, 4.69) is 49.6 Å². The van der Waals surface area contributed by atoms with Gasteiger partial charge < -0.3 is 5.11 Å². The van der Waals surface area contributed by atoms with Gasteiger partial charge in [-0.05, 0) is 43.5 Å². The van der Waals surface area contributed by atoms with Gasteiger partial charge in [0.2, 0.25) is 0 Å². The van der Waals surface area contributed by atoms with E-state index >= 15 is 0 Å². The first-order chi connectivity index (χ1) is 12.0. The molecule has 3 aromatic heterocycles. The molecule has 0 saturated carbocycles. The second kappa shape index (κ2) is 6.36. The van der Waals surface area contributed by atoms with Crippen LogP contribution >= 0.6 is 34.0 Å². The van der Waals surface area contributed by atoms with E-state index in [1.807, 2.05) is 6.07 Å². The van der Waals surface area contributed by atoms with Gasteiger partial charge in [-0.25, -0.2) is 0 Å². The molecule has 1 amide bonds. The summed E-state index contributed by atoms with van der Waals surface area (Å²) in [6.07, 6.45) is 1.20. The summed E-state index contributed by atoms with van der Waals surface area (Å²) in [5.74, 6) is 0. The Morgan fingerprint density at radius 3 is 2.16 bits per heavy atom. The SMILES string of the molecule is CC1CC[C@@H](C)[N+]1(C(=O)O)c1ccc(-c2ccc(-c3cccs3)s2)s1. The summed E-state index contributed by atoms with van der Waals surface area (Å²) in [7, 11) is 0. The van der Waals surface area contributed by atoms with Crippen LogP contribution in [0.3, 0.4) is 0 Å². The molecule has 0 bridgehead atoms. The fourth-order valence-corrected chi connectivity index (χ4v) is 7.18. The Morgan fingerprint density at radius 1 is 0.960 bits per heavy atom. The van der Waals surface area contributed by atoms with Crippen LogP contribution in [-0.2, 0) is 0 Å². The lowest BCUT2D eigenvalue weighted by Crippen LogP contribution is -2.59. The van der Waals surface area contributed by atoms with Crippen molar-refractivity contribution in [2.45, 2.75) is 38.8 Å². The summed E-state index contributed by atoms with van der Waals surface area (Å²) >= 11 is 5.16. The Balaban J connectivity index is 1.72. The van der Waals surface area contributed by atoms with Gasteiger partial charge in [-0.15, -0.1) is 22.7 Å². The summed E-state index contributed by atoms with van der Waals surface area (Å²) in [5, 5.41) is 13.1. The number of nitrogens with zero attached hydrogens (tertiary/aromatic N) is 1. The Morgan fingerprint density at radius 2 is 1.56 bits per heavy atom. The van der Waals surface area contributed by atoms with E-state index < -0.39 is 6.09 Å². The number of hydrogen-bond acceptors (Lipinski definition) is 4. The molecule has 0 aromatic carbocycles. The zero-order chi connectivity index (χ0) is 17.6. The third kappa shape index (κ3) is 2.59. The first-order valence-electron chi connectivity index (χ1n) is 8.40. The van der Waals surface area contributed by atoms with E-state index in [1.165, 1.54) is 14.6 Å². The quantitative estimate of drug-likeness (QED) is 0.502. The average molecular weight is 391 g/mol. The summed E-state index contributed by atoms with van der Waals surface area (Å²) < 4.78 is 0.0772. The maximum atomic E-state index is 12.2. The van der Waals surface area contributed by atoms with Gasteiger partial charge in [0.15, 0.2) is 5.00 Å². The van der Waals surface area contributed by atoms with Crippen molar-refractivity contribution in [1.82, 2.24) is 4.48 Å². The maximum Gasteiger partial charge on any atom is 0.519 e. The van der Waals surface area contributed by atoms with Gasteiger partial charge in [-0.1, -0.05) is 17.4 Å². The van der Waals surface area contributed by atoms with Crippen molar-refractivity contribution in [3.8, 4) is 19.5 Å². The van der Waals surface area contributed by atoms with Gasteiger partial charge in [-0.2, -0.15) is 9.28 Å². The molecule has 0 aliphatic carbocycles. The zero-order valence-electron chi connectivity index (χ0n) is 14.1. The maximum absolute atomic E-state index is 12.2. The fraction of sp³-hybridized carbons (Fsp3) is 0.316. The molecular weight excluding hydrogens is 370 g/mol. The molecule has 3 nitrogen and oxygen atoms in total. The fourth-order valence-electron chi connectivity index (χ4n) is 3.91. The van der Waals surface area contributed by atoms with Gasteiger partial charge in [-0.3, -0.25) is 0 Å². The van der Waals surface area contributed by atoms with Gasteiger partial charge in [0, 0.05) is 33.5 Å². The van der Waals surface area contributed by atoms with E-state index in [4.69, 9.17) is 0 Å². The molecule has 1 saturated heterocycles. The van der Waals surface area contributed by atoms with Crippen molar-refractivity contribution in [2.24, 2.45) is 0 Å². The number of carboxylic acid groups (broad SMARTS) is 1. The van der Waals surface area contributed by atoms with E-state index in [-0.39, 0.29) is 16.6 Å². The first-order valence-corrected chi connectivity index (χ1v) is 10.9. The molecule has 2 unspecified atom stereocenters. The smallest absolute Gasteiger partial charge is 0.435 e. The van der Waals surface area contributed by atoms with E-state index in [9.17, 15) is 9.90 Å². The highest BCUT2D eigenvalue weighted by Gasteiger charge is 2.54. The molecular formula is C19H20NO2S3+. The number of carbonyl (C=O) groups is 1. The second-order valence-corrected chi connectivity index (χ2v) is 9.71. The van der Waals surface area contributed by atoms with Gasteiger partial charge in [0.05, 0.1) is 4.88 Å². The summed E-state index contributed by atoms with van der Waals surface area (Å²) in [5.41, 5.74) is 0. The molecule has 1 N–H and O–H groups in total. The minimum atomic E-state index is -0.726. The lowest BCUT2D eigenvalue weighted by atomic mass is 10.2. The third-order valence-corrected chi connectivity index (χ3v) is 8.82. The van der Waals surface area contributed by atoms with Crippen LogP contribution in [0.5, 0.6) is 0 Å². The lowest BCUT2D eigenvalue weighted by molar-refractivity contribution is 0.132. The van der Waals surface area contributed by atoms with Crippen molar-refractivity contribution in [3.63, 3.8) is 0 Å². The van der Waals surface area contributed by atoms with Crippen LogP contribution in [0.15, 0.2) is 41.8 Å². The molecule has 1 aliphatic heterocycles. The predicted octanol–water partition coefficient (Wildman–Crippen LogP) is 6.76. The number of rotatable bonds is 3. The molecule has 6 heteroatoms. The topological polar surface area (TPSA) is 37.3 Å².